The maximum Gasteiger partial charge on any atom is 0.278 e. The van der Waals surface area contributed by atoms with E-state index in [4.69, 9.17) is 4.74 Å². The molecule has 8 nitrogen and oxygen atoms in total. The number of fused-ring (bicyclic) bond motifs is 5. The van der Waals surface area contributed by atoms with E-state index in [1.807, 2.05) is 37.1 Å². The molecule has 2 amide bonds. The molecular weight excluding hydrogens is 525 g/mol. The van der Waals surface area contributed by atoms with Gasteiger partial charge in [0.15, 0.2) is 11.4 Å². The Balaban J connectivity index is 1.41. The van der Waals surface area contributed by atoms with Crippen LogP contribution in [0.3, 0.4) is 0 Å². The van der Waals surface area contributed by atoms with Crippen LogP contribution in [0.25, 0.3) is 0 Å². The Morgan fingerprint density at radius 1 is 1.02 bits per heavy atom. The SMILES string of the molecule is C[C@@H]1[C@@H]2CC2[C@H](C)N2CN1n1cc(C(=O)NCc3c(F)cc(F)cc3F)c(=O)c(OCc3ccccc3)c1C2=O. The normalized spacial score (nSPS) is 22.8. The lowest BCUT2D eigenvalue weighted by molar-refractivity contribution is 0.0602. The van der Waals surface area contributed by atoms with Crippen LogP contribution < -0.4 is 20.5 Å². The van der Waals surface area contributed by atoms with Crippen molar-refractivity contribution in [3.63, 3.8) is 0 Å². The number of pyridine rings is 1. The molecule has 208 valence electrons. The van der Waals surface area contributed by atoms with Crippen molar-refractivity contribution in [1.29, 1.82) is 0 Å². The quantitative estimate of drug-likeness (QED) is 0.506. The molecule has 1 aliphatic carbocycles. The predicted molar refractivity (Wildman–Crippen MR) is 139 cm³/mol. The minimum absolute atomic E-state index is 0.00657. The summed E-state index contributed by atoms with van der Waals surface area (Å²) in [6, 6.07) is 10.1. The summed E-state index contributed by atoms with van der Waals surface area (Å²) in [4.78, 5) is 42.5. The summed E-state index contributed by atoms with van der Waals surface area (Å²) in [5.74, 6) is -4.29. The minimum Gasteiger partial charge on any atom is -0.482 e. The number of halogens is 3. The number of rotatable bonds is 6. The standard InChI is InChI=1S/C29H27F3N4O4/c1-15-19-10-20(19)16(2)36-14-34(15)29(39)25-27(40-13-17-6-4-3-5-7-17)26(37)22(12-35(25)36)28(38)33-11-21-23(31)8-18(30)9-24(21)32/h3-9,12,15-16,19-20H,10-11,13-14H2,1-2H3,(H,33,38)/t15-,16+,19?,20-/m0/s1. The van der Waals surface area contributed by atoms with Crippen LogP contribution in [0.5, 0.6) is 5.75 Å². The molecule has 0 spiro atoms. The molecule has 1 N–H and O–H groups in total. The molecule has 1 unspecified atom stereocenters. The van der Waals surface area contributed by atoms with E-state index in [2.05, 4.69) is 5.32 Å². The van der Waals surface area contributed by atoms with Crippen LogP contribution >= 0.6 is 0 Å². The Bertz CT molecular complexity index is 1550. The van der Waals surface area contributed by atoms with Crippen molar-refractivity contribution in [2.45, 2.75) is 45.5 Å². The molecule has 2 aromatic carbocycles. The number of nitrogens with one attached hydrogen (secondary N) is 1. The topological polar surface area (TPSA) is 83.9 Å². The van der Waals surface area contributed by atoms with E-state index in [-0.39, 0.29) is 48.3 Å². The highest BCUT2D eigenvalue weighted by Crippen LogP contribution is 2.49. The average Bonchev–Trinajstić information content (AvgIpc) is 3.73. The molecule has 11 heteroatoms. The van der Waals surface area contributed by atoms with E-state index in [0.717, 1.165) is 12.0 Å². The van der Waals surface area contributed by atoms with E-state index < -0.39 is 40.9 Å². The molecule has 1 saturated heterocycles. The molecule has 6 rings (SSSR count). The average molecular weight is 553 g/mol. The van der Waals surface area contributed by atoms with Gasteiger partial charge in [-0.2, -0.15) is 0 Å². The third kappa shape index (κ3) is 4.29. The van der Waals surface area contributed by atoms with E-state index in [9.17, 15) is 27.6 Å². The zero-order valence-electron chi connectivity index (χ0n) is 21.9. The number of benzene rings is 2. The monoisotopic (exact) mass is 552 g/mol. The Morgan fingerprint density at radius 3 is 2.40 bits per heavy atom. The number of carbonyl (C=O) groups excluding carboxylic acids is 2. The minimum atomic E-state index is -1.16. The molecule has 3 aromatic rings. The van der Waals surface area contributed by atoms with E-state index in [1.54, 1.807) is 17.0 Å². The highest BCUT2D eigenvalue weighted by Gasteiger charge is 2.54. The molecule has 2 fully saturated rings. The third-order valence-corrected chi connectivity index (χ3v) is 8.28. The zero-order valence-corrected chi connectivity index (χ0v) is 21.9. The fourth-order valence-corrected chi connectivity index (χ4v) is 5.87. The van der Waals surface area contributed by atoms with Crippen LogP contribution in [0.4, 0.5) is 13.2 Å². The second kappa shape index (κ2) is 9.72. The van der Waals surface area contributed by atoms with Crippen LogP contribution in [0.2, 0.25) is 0 Å². The summed E-state index contributed by atoms with van der Waals surface area (Å²) in [5, 5.41) is 4.30. The number of hydrogen-bond acceptors (Lipinski definition) is 5. The number of aromatic nitrogens is 1. The number of carbonyl (C=O) groups is 2. The second-order valence-corrected chi connectivity index (χ2v) is 10.6. The van der Waals surface area contributed by atoms with Gasteiger partial charge < -0.3 is 15.0 Å². The van der Waals surface area contributed by atoms with Crippen LogP contribution in [-0.2, 0) is 13.2 Å². The van der Waals surface area contributed by atoms with Gasteiger partial charge in [-0.25, -0.2) is 13.2 Å². The van der Waals surface area contributed by atoms with Gasteiger partial charge in [0.05, 0.1) is 0 Å². The largest absolute Gasteiger partial charge is 0.482 e. The van der Waals surface area contributed by atoms with Crippen molar-refractivity contribution in [2.24, 2.45) is 11.8 Å². The van der Waals surface area contributed by atoms with Gasteiger partial charge in [-0.3, -0.25) is 24.1 Å². The highest BCUT2D eigenvalue weighted by molar-refractivity contribution is 5.99. The molecule has 3 heterocycles. The summed E-state index contributed by atoms with van der Waals surface area (Å²) >= 11 is 0. The van der Waals surface area contributed by atoms with E-state index >= 15 is 0 Å². The maximum atomic E-state index is 14.2. The molecule has 4 atom stereocenters. The van der Waals surface area contributed by atoms with Crippen molar-refractivity contribution < 1.29 is 27.5 Å². The third-order valence-electron chi connectivity index (χ3n) is 8.28. The van der Waals surface area contributed by atoms with Crippen LogP contribution in [-0.4, -0.2) is 40.1 Å². The molecule has 1 aromatic heterocycles. The Kier molecular flexibility index (Phi) is 6.31. The summed E-state index contributed by atoms with van der Waals surface area (Å²) in [6.07, 6.45) is 2.26. The molecule has 0 radical (unpaired) electrons. The van der Waals surface area contributed by atoms with E-state index in [1.165, 1.54) is 10.9 Å². The Hall–Kier alpha value is -4.28. The predicted octanol–water partition coefficient (Wildman–Crippen LogP) is 3.55. The van der Waals surface area contributed by atoms with Gasteiger partial charge in [0.2, 0.25) is 5.43 Å². The highest BCUT2D eigenvalue weighted by atomic mass is 19.1. The molecule has 2 bridgehead atoms. The Labute approximate surface area is 227 Å². The van der Waals surface area contributed by atoms with Gasteiger partial charge in [-0.1, -0.05) is 30.3 Å². The lowest BCUT2D eigenvalue weighted by atomic mass is 10.1. The fourth-order valence-electron chi connectivity index (χ4n) is 5.87. The van der Waals surface area contributed by atoms with Gasteiger partial charge in [-0.05, 0) is 37.7 Å². The molecule has 3 aliphatic rings. The van der Waals surface area contributed by atoms with Gasteiger partial charge in [-0.15, -0.1) is 0 Å². The lowest BCUT2D eigenvalue weighted by Crippen LogP contribution is -2.58. The van der Waals surface area contributed by atoms with Crippen molar-refractivity contribution >= 4 is 11.8 Å². The summed E-state index contributed by atoms with van der Waals surface area (Å²) < 4.78 is 49.1. The first-order valence-electron chi connectivity index (χ1n) is 13.1. The fraction of sp³-hybridized carbons (Fsp3) is 0.345. The van der Waals surface area contributed by atoms with Crippen LogP contribution in [0.1, 0.15) is 52.2 Å². The first-order valence-corrected chi connectivity index (χ1v) is 13.1. The number of amides is 2. The van der Waals surface area contributed by atoms with Crippen molar-refractivity contribution in [1.82, 2.24) is 14.9 Å². The molecule has 1 saturated carbocycles. The molecule has 40 heavy (non-hydrogen) atoms. The smallest absolute Gasteiger partial charge is 0.278 e. The van der Waals surface area contributed by atoms with Crippen LogP contribution in [0.15, 0.2) is 53.5 Å². The van der Waals surface area contributed by atoms with Crippen molar-refractivity contribution in [2.75, 3.05) is 11.7 Å². The molecular formula is C29H27F3N4O4. The van der Waals surface area contributed by atoms with Gasteiger partial charge in [0.25, 0.3) is 11.8 Å². The number of ether oxygens (including phenoxy) is 1. The summed E-state index contributed by atoms with van der Waals surface area (Å²) in [6.45, 7) is 3.68. The first kappa shape index (κ1) is 26.0. The van der Waals surface area contributed by atoms with Crippen LogP contribution in [0, 0.1) is 29.3 Å². The van der Waals surface area contributed by atoms with Crippen molar-refractivity contribution in [3.05, 3.63) is 98.7 Å². The summed E-state index contributed by atoms with van der Waals surface area (Å²) in [5.41, 5.74) is -0.942. The second-order valence-electron chi connectivity index (χ2n) is 10.6. The van der Waals surface area contributed by atoms with Gasteiger partial charge in [0, 0.05) is 42.5 Å². The summed E-state index contributed by atoms with van der Waals surface area (Å²) in [7, 11) is 0. The van der Waals surface area contributed by atoms with E-state index in [0.29, 0.717) is 24.0 Å². The lowest BCUT2D eigenvalue weighted by Gasteiger charge is -2.43. The number of nitrogens with zero attached hydrogens (tertiary/aromatic N) is 3. The Morgan fingerprint density at radius 2 is 1.70 bits per heavy atom. The molecule has 2 aliphatic heterocycles. The van der Waals surface area contributed by atoms with Gasteiger partial charge in [0.1, 0.15) is 36.3 Å². The zero-order chi connectivity index (χ0) is 28.3. The number of hydrogen-bond donors (Lipinski definition) is 1. The van der Waals surface area contributed by atoms with Crippen molar-refractivity contribution in [3.8, 4) is 5.75 Å². The maximum absolute atomic E-state index is 14.2. The first-order chi connectivity index (χ1) is 19.2. The van der Waals surface area contributed by atoms with Gasteiger partial charge >= 0.3 is 0 Å².